The van der Waals surface area contributed by atoms with E-state index in [2.05, 4.69) is 21.2 Å². The van der Waals surface area contributed by atoms with Crippen LogP contribution < -0.4 is 5.32 Å². The van der Waals surface area contributed by atoms with Gasteiger partial charge >= 0.3 is 0 Å². The van der Waals surface area contributed by atoms with Crippen molar-refractivity contribution in [3.05, 3.63) is 62.0 Å². The Morgan fingerprint density at radius 3 is 2.47 bits per heavy atom. The van der Waals surface area contributed by atoms with E-state index in [0.717, 1.165) is 10.0 Å². The fraction of sp³-hybridized carbons (Fsp3) is 0.0714. The number of hydrogen-bond acceptors (Lipinski definition) is 1. The summed E-state index contributed by atoms with van der Waals surface area (Å²) in [4.78, 5) is 12.1. The van der Waals surface area contributed by atoms with E-state index in [-0.39, 0.29) is 5.91 Å². The zero-order chi connectivity index (χ0) is 14.0. The molecule has 1 N–H and O–H groups in total. The predicted molar refractivity (Wildman–Crippen MR) is 83.3 cm³/mol. The molecule has 2 nitrogen and oxygen atoms in total. The summed E-state index contributed by atoms with van der Waals surface area (Å²) >= 11 is 15.3. The van der Waals surface area contributed by atoms with Crippen LogP contribution in [0.1, 0.15) is 15.9 Å². The Hall–Kier alpha value is -1.03. The van der Waals surface area contributed by atoms with Gasteiger partial charge in [0.05, 0.1) is 15.6 Å². The van der Waals surface area contributed by atoms with Gasteiger partial charge in [-0.3, -0.25) is 4.79 Å². The van der Waals surface area contributed by atoms with Gasteiger partial charge in [0.15, 0.2) is 0 Å². The minimum absolute atomic E-state index is 0.261. The Labute approximate surface area is 129 Å². The van der Waals surface area contributed by atoms with Gasteiger partial charge < -0.3 is 5.32 Å². The van der Waals surface area contributed by atoms with Gasteiger partial charge in [-0.1, -0.05) is 29.3 Å². The number of rotatable bonds is 2. The second-order valence-corrected chi connectivity index (χ2v) is 5.74. The first-order chi connectivity index (χ1) is 8.97. The van der Waals surface area contributed by atoms with Gasteiger partial charge in [-0.25, -0.2) is 0 Å². The maximum Gasteiger partial charge on any atom is 0.257 e. The van der Waals surface area contributed by atoms with Gasteiger partial charge in [-0.15, -0.1) is 0 Å². The highest BCUT2D eigenvalue weighted by atomic mass is 79.9. The summed E-state index contributed by atoms with van der Waals surface area (Å²) in [6, 6.07) is 10.5. The lowest BCUT2D eigenvalue weighted by Crippen LogP contribution is -2.12. The molecule has 0 spiro atoms. The number of amides is 1. The molecule has 98 valence electrons. The summed E-state index contributed by atoms with van der Waals surface area (Å²) in [6.45, 7) is 1.92. The molecule has 5 heteroatoms. The number of benzene rings is 2. The van der Waals surface area contributed by atoms with Crippen molar-refractivity contribution >= 4 is 50.7 Å². The number of anilines is 1. The smallest absolute Gasteiger partial charge is 0.257 e. The Bertz CT molecular complexity index is 643. The van der Waals surface area contributed by atoms with Crippen molar-refractivity contribution in [1.29, 1.82) is 0 Å². The summed E-state index contributed by atoms with van der Waals surface area (Å²) in [5.41, 5.74) is 2.06. The fourth-order valence-electron chi connectivity index (χ4n) is 1.58. The Kier molecular flexibility index (Phi) is 4.50. The highest BCUT2D eigenvalue weighted by Crippen LogP contribution is 2.26. The number of aryl methyl sites for hydroxylation is 1. The molecule has 0 saturated carbocycles. The van der Waals surface area contributed by atoms with Crippen LogP contribution in [0.2, 0.25) is 10.0 Å². The van der Waals surface area contributed by atoms with Gasteiger partial charge in [0, 0.05) is 10.2 Å². The van der Waals surface area contributed by atoms with Crippen LogP contribution in [0.25, 0.3) is 0 Å². The van der Waals surface area contributed by atoms with E-state index in [4.69, 9.17) is 23.2 Å². The summed E-state index contributed by atoms with van der Waals surface area (Å²) in [5.74, 6) is -0.261. The minimum atomic E-state index is -0.261. The molecule has 0 aliphatic heterocycles. The third kappa shape index (κ3) is 3.50. The predicted octanol–water partition coefficient (Wildman–Crippen LogP) is 5.32. The molecule has 0 aliphatic rings. The summed E-state index contributed by atoms with van der Waals surface area (Å²) in [7, 11) is 0. The lowest BCUT2D eigenvalue weighted by molar-refractivity contribution is 0.102. The normalized spacial score (nSPS) is 10.3. The molecule has 2 aromatic carbocycles. The first-order valence-electron chi connectivity index (χ1n) is 5.50. The topological polar surface area (TPSA) is 29.1 Å². The van der Waals surface area contributed by atoms with E-state index in [1.165, 1.54) is 0 Å². The average molecular weight is 359 g/mol. The number of hydrogen-bond donors (Lipinski definition) is 1. The van der Waals surface area contributed by atoms with Crippen molar-refractivity contribution in [3.63, 3.8) is 0 Å². The zero-order valence-corrected chi connectivity index (χ0v) is 13.1. The van der Waals surface area contributed by atoms with Crippen LogP contribution in [0.4, 0.5) is 5.69 Å². The second kappa shape index (κ2) is 5.95. The number of halogens is 3. The van der Waals surface area contributed by atoms with E-state index >= 15 is 0 Å². The summed E-state index contributed by atoms with van der Waals surface area (Å²) in [6.07, 6.45) is 0. The summed E-state index contributed by atoms with van der Waals surface area (Å²) < 4.78 is 0.778. The molecule has 0 heterocycles. The van der Waals surface area contributed by atoms with Crippen LogP contribution in [0.3, 0.4) is 0 Å². The van der Waals surface area contributed by atoms with Crippen molar-refractivity contribution < 1.29 is 4.79 Å². The molecular formula is C14H10BrCl2NO. The van der Waals surface area contributed by atoms with Crippen molar-refractivity contribution in [3.8, 4) is 0 Å². The van der Waals surface area contributed by atoms with Gasteiger partial charge in [0.2, 0.25) is 0 Å². The van der Waals surface area contributed by atoms with Gasteiger partial charge in [0.1, 0.15) is 0 Å². The van der Waals surface area contributed by atoms with E-state index in [9.17, 15) is 4.79 Å². The zero-order valence-electron chi connectivity index (χ0n) is 10.0. The molecule has 0 unspecified atom stereocenters. The monoisotopic (exact) mass is 357 g/mol. The molecular weight excluding hydrogens is 349 g/mol. The first-order valence-corrected chi connectivity index (χ1v) is 7.05. The third-order valence-corrected chi connectivity index (χ3v) is 4.09. The number of nitrogens with one attached hydrogen (secondary N) is 1. The molecule has 2 rings (SSSR count). The van der Waals surface area contributed by atoms with E-state index in [1.807, 2.05) is 13.0 Å². The lowest BCUT2D eigenvalue weighted by Gasteiger charge is -2.08. The third-order valence-electron chi connectivity index (χ3n) is 2.55. The van der Waals surface area contributed by atoms with Gasteiger partial charge in [-0.05, 0) is 58.7 Å². The number of carbonyl (C=O) groups excluding carboxylic acids is 1. The maximum absolute atomic E-state index is 12.1. The van der Waals surface area contributed by atoms with E-state index in [1.54, 1.807) is 30.3 Å². The molecule has 0 aliphatic carbocycles. The Morgan fingerprint density at radius 1 is 1.11 bits per heavy atom. The second-order valence-electron chi connectivity index (χ2n) is 4.07. The minimum Gasteiger partial charge on any atom is -0.322 e. The van der Waals surface area contributed by atoms with Gasteiger partial charge in [-0.2, -0.15) is 0 Å². The standard InChI is InChI=1S/C14H10BrCl2NO/c1-8-2-4-10(12(16)6-8)14(19)18-9-3-5-11(15)13(17)7-9/h2-7H,1H3,(H,18,19). The van der Waals surface area contributed by atoms with Crippen LogP contribution in [0.5, 0.6) is 0 Å². The molecule has 0 bridgehead atoms. The van der Waals surface area contributed by atoms with Crippen LogP contribution in [0.15, 0.2) is 40.9 Å². The van der Waals surface area contributed by atoms with Crippen LogP contribution >= 0.6 is 39.1 Å². The van der Waals surface area contributed by atoms with Crippen molar-refractivity contribution in [2.45, 2.75) is 6.92 Å². The van der Waals surface area contributed by atoms with Crippen LogP contribution in [-0.4, -0.2) is 5.91 Å². The molecule has 0 saturated heterocycles. The fourth-order valence-corrected chi connectivity index (χ4v) is 2.32. The number of carbonyl (C=O) groups is 1. The molecule has 0 radical (unpaired) electrons. The lowest BCUT2D eigenvalue weighted by atomic mass is 10.1. The average Bonchev–Trinajstić information content (AvgIpc) is 2.33. The highest BCUT2D eigenvalue weighted by molar-refractivity contribution is 9.10. The van der Waals surface area contributed by atoms with Crippen LogP contribution in [-0.2, 0) is 0 Å². The molecule has 0 atom stereocenters. The van der Waals surface area contributed by atoms with Crippen LogP contribution in [0, 0.1) is 6.92 Å². The Morgan fingerprint density at radius 2 is 1.84 bits per heavy atom. The van der Waals surface area contributed by atoms with Gasteiger partial charge in [0.25, 0.3) is 5.91 Å². The first kappa shape index (κ1) is 14.4. The molecule has 0 aromatic heterocycles. The highest BCUT2D eigenvalue weighted by Gasteiger charge is 2.11. The van der Waals surface area contributed by atoms with Crippen molar-refractivity contribution in [1.82, 2.24) is 0 Å². The molecule has 19 heavy (non-hydrogen) atoms. The van der Waals surface area contributed by atoms with E-state index < -0.39 is 0 Å². The van der Waals surface area contributed by atoms with Crippen molar-refractivity contribution in [2.75, 3.05) is 5.32 Å². The molecule has 1 amide bonds. The summed E-state index contributed by atoms with van der Waals surface area (Å²) in [5, 5.41) is 3.72. The van der Waals surface area contributed by atoms with Crippen molar-refractivity contribution in [2.24, 2.45) is 0 Å². The van der Waals surface area contributed by atoms with E-state index in [0.29, 0.717) is 21.3 Å². The SMILES string of the molecule is Cc1ccc(C(=O)Nc2ccc(Br)c(Cl)c2)c(Cl)c1. The molecule has 0 fully saturated rings. The quantitative estimate of drug-likeness (QED) is 0.773. The largest absolute Gasteiger partial charge is 0.322 e. The Balaban J connectivity index is 2.23. The maximum atomic E-state index is 12.1. The molecule has 2 aromatic rings.